The van der Waals surface area contributed by atoms with Gasteiger partial charge in [0.1, 0.15) is 10.7 Å². The lowest BCUT2D eigenvalue weighted by Gasteiger charge is -2.31. The van der Waals surface area contributed by atoms with Crippen LogP contribution in [-0.2, 0) is 0 Å². The number of nitrogen functional groups attached to an aromatic ring is 1. The van der Waals surface area contributed by atoms with Crippen LogP contribution < -0.4 is 16.4 Å². The number of nitrogens with one attached hydrogen (secondary N) is 2. The van der Waals surface area contributed by atoms with Crippen molar-refractivity contribution in [3.63, 3.8) is 0 Å². The second kappa shape index (κ2) is 6.64. The van der Waals surface area contributed by atoms with Crippen LogP contribution >= 0.6 is 11.3 Å². The van der Waals surface area contributed by atoms with E-state index in [2.05, 4.69) is 29.5 Å². The van der Waals surface area contributed by atoms with Crippen molar-refractivity contribution in [2.75, 3.05) is 24.6 Å². The predicted molar refractivity (Wildman–Crippen MR) is 88.8 cm³/mol. The van der Waals surface area contributed by atoms with E-state index >= 15 is 0 Å². The largest absolute Gasteiger partial charge is 0.382 e. The van der Waals surface area contributed by atoms with E-state index in [-0.39, 0.29) is 11.3 Å². The maximum atomic E-state index is 12.3. The average Bonchev–Trinajstić information content (AvgIpc) is 3.02. The van der Waals surface area contributed by atoms with Crippen molar-refractivity contribution in [3.05, 3.63) is 4.88 Å². The third-order valence-corrected chi connectivity index (χ3v) is 5.29. The van der Waals surface area contributed by atoms with Gasteiger partial charge in [0.25, 0.3) is 5.91 Å². The Morgan fingerprint density at radius 1 is 1.43 bits per heavy atom. The Morgan fingerprint density at radius 3 is 2.62 bits per heavy atom. The van der Waals surface area contributed by atoms with Crippen molar-refractivity contribution >= 4 is 28.2 Å². The molecule has 1 aliphatic carbocycles. The summed E-state index contributed by atoms with van der Waals surface area (Å²) in [4.78, 5) is 17.0. The first kappa shape index (κ1) is 16.1. The van der Waals surface area contributed by atoms with E-state index in [0.29, 0.717) is 21.7 Å². The number of carbonyl (C=O) groups excluding carboxylic acids is 1. The second-order valence-electron chi connectivity index (χ2n) is 6.47. The van der Waals surface area contributed by atoms with Crippen molar-refractivity contribution in [1.82, 2.24) is 10.3 Å². The minimum atomic E-state index is -0.0958. The number of rotatable bonds is 6. The van der Waals surface area contributed by atoms with Crippen LogP contribution in [0.4, 0.5) is 10.9 Å². The summed E-state index contributed by atoms with van der Waals surface area (Å²) in [6.45, 7) is 5.25. The van der Waals surface area contributed by atoms with Gasteiger partial charge >= 0.3 is 0 Å². The Labute approximate surface area is 130 Å². The molecular formula is C15H26N4OS. The molecule has 118 valence electrons. The van der Waals surface area contributed by atoms with E-state index in [1.165, 1.54) is 43.4 Å². The van der Waals surface area contributed by atoms with Crippen LogP contribution in [0.5, 0.6) is 0 Å². The van der Waals surface area contributed by atoms with E-state index in [1.807, 2.05) is 0 Å². The first-order chi connectivity index (χ1) is 9.96. The van der Waals surface area contributed by atoms with Gasteiger partial charge in [-0.2, -0.15) is 0 Å². The third-order valence-electron chi connectivity index (χ3n) is 4.20. The molecular weight excluding hydrogens is 284 g/mol. The molecule has 0 atom stereocenters. The highest BCUT2D eigenvalue weighted by Gasteiger charge is 2.35. The van der Waals surface area contributed by atoms with Crippen LogP contribution in [0.25, 0.3) is 0 Å². The molecule has 0 unspecified atom stereocenters. The number of hydrogen-bond donors (Lipinski definition) is 3. The summed E-state index contributed by atoms with van der Waals surface area (Å²) in [5.74, 6) is 0.872. The first-order valence-electron chi connectivity index (χ1n) is 7.68. The van der Waals surface area contributed by atoms with Crippen molar-refractivity contribution in [1.29, 1.82) is 0 Å². The summed E-state index contributed by atoms with van der Waals surface area (Å²) < 4.78 is 0. The lowest BCUT2D eigenvalue weighted by molar-refractivity contribution is 0.0926. The van der Waals surface area contributed by atoms with E-state index in [0.717, 1.165) is 6.54 Å². The molecule has 1 aromatic rings. The van der Waals surface area contributed by atoms with Crippen LogP contribution in [0.2, 0.25) is 0 Å². The van der Waals surface area contributed by atoms with Crippen LogP contribution in [0.3, 0.4) is 0 Å². The number of nitrogens with zero attached hydrogens (tertiary/aromatic N) is 1. The molecule has 1 saturated carbocycles. The molecule has 21 heavy (non-hydrogen) atoms. The highest BCUT2D eigenvalue weighted by atomic mass is 32.1. The Bertz CT molecular complexity index is 492. The molecule has 4 N–H and O–H groups in total. The topological polar surface area (TPSA) is 80.0 Å². The highest BCUT2D eigenvalue weighted by molar-refractivity contribution is 7.18. The first-order valence-corrected chi connectivity index (χ1v) is 8.50. The Kier molecular flexibility index (Phi) is 5.08. The van der Waals surface area contributed by atoms with E-state index in [9.17, 15) is 4.79 Å². The zero-order chi connectivity index (χ0) is 15.5. The fourth-order valence-corrected chi connectivity index (χ4v) is 4.15. The highest BCUT2D eigenvalue weighted by Crippen LogP contribution is 2.42. The van der Waals surface area contributed by atoms with Crippen molar-refractivity contribution in [2.45, 2.75) is 46.0 Å². The molecule has 1 amide bonds. The van der Waals surface area contributed by atoms with Gasteiger partial charge in [0, 0.05) is 13.6 Å². The van der Waals surface area contributed by atoms with Crippen LogP contribution in [0.1, 0.15) is 55.6 Å². The molecule has 0 aliphatic heterocycles. The SMILES string of the molecule is CNc1nc(N)c(C(=O)NCC2(CC(C)C)CCCC2)s1. The quantitative estimate of drug-likeness (QED) is 0.754. The summed E-state index contributed by atoms with van der Waals surface area (Å²) in [5, 5.41) is 6.69. The Morgan fingerprint density at radius 2 is 2.10 bits per heavy atom. The third kappa shape index (κ3) is 3.87. The lowest BCUT2D eigenvalue weighted by atomic mass is 9.78. The summed E-state index contributed by atoms with van der Waals surface area (Å²) in [6, 6.07) is 0. The van der Waals surface area contributed by atoms with Gasteiger partial charge in [-0.1, -0.05) is 38.0 Å². The average molecular weight is 310 g/mol. The van der Waals surface area contributed by atoms with Crippen LogP contribution in [-0.4, -0.2) is 24.5 Å². The number of hydrogen-bond acceptors (Lipinski definition) is 5. The number of thiazole rings is 1. The van der Waals surface area contributed by atoms with Crippen LogP contribution in [0, 0.1) is 11.3 Å². The summed E-state index contributed by atoms with van der Waals surface area (Å²) >= 11 is 1.30. The Balaban J connectivity index is 2.00. The van der Waals surface area contributed by atoms with Crippen molar-refractivity contribution < 1.29 is 4.79 Å². The van der Waals surface area contributed by atoms with E-state index in [1.54, 1.807) is 7.05 Å². The molecule has 0 saturated heterocycles. The van der Waals surface area contributed by atoms with Gasteiger partial charge in [-0.15, -0.1) is 0 Å². The van der Waals surface area contributed by atoms with Gasteiger partial charge in [-0.05, 0) is 30.6 Å². The fourth-order valence-electron chi connectivity index (χ4n) is 3.39. The summed E-state index contributed by atoms with van der Waals surface area (Å²) in [7, 11) is 1.77. The van der Waals surface area contributed by atoms with Crippen molar-refractivity contribution in [3.8, 4) is 0 Å². The number of amides is 1. The lowest BCUT2D eigenvalue weighted by Crippen LogP contribution is -2.36. The molecule has 1 fully saturated rings. The summed E-state index contributed by atoms with van der Waals surface area (Å²) in [6.07, 6.45) is 6.15. The van der Waals surface area contributed by atoms with Gasteiger partial charge in [-0.3, -0.25) is 4.79 Å². The number of anilines is 2. The van der Waals surface area contributed by atoms with E-state index < -0.39 is 0 Å². The second-order valence-corrected chi connectivity index (χ2v) is 7.47. The van der Waals surface area contributed by atoms with Crippen LogP contribution in [0.15, 0.2) is 0 Å². The molecule has 0 spiro atoms. The number of aromatic nitrogens is 1. The maximum Gasteiger partial charge on any atom is 0.265 e. The Hall–Kier alpha value is -1.30. The molecule has 0 radical (unpaired) electrons. The summed E-state index contributed by atoms with van der Waals surface area (Å²) in [5.41, 5.74) is 6.09. The maximum absolute atomic E-state index is 12.3. The smallest absolute Gasteiger partial charge is 0.265 e. The van der Waals surface area contributed by atoms with Gasteiger partial charge < -0.3 is 16.4 Å². The zero-order valence-corrected chi connectivity index (χ0v) is 14.0. The molecule has 2 rings (SSSR count). The standard InChI is InChI=1S/C15H26N4OS/c1-10(2)8-15(6-4-5-7-15)9-18-13(20)11-12(16)19-14(17-3)21-11/h10H,4-9,16H2,1-3H3,(H,17,19)(H,18,20). The molecule has 6 heteroatoms. The van der Waals surface area contributed by atoms with Gasteiger partial charge in [0.15, 0.2) is 5.13 Å². The minimum absolute atomic E-state index is 0.0958. The zero-order valence-electron chi connectivity index (χ0n) is 13.2. The molecule has 0 bridgehead atoms. The van der Waals surface area contributed by atoms with Gasteiger partial charge in [0.2, 0.25) is 0 Å². The molecule has 5 nitrogen and oxygen atoms in total. The van der Waals surface area contributed by atoms with Gasteiger partial charge in [0.05, 0.1) is 0 Å². The normalized spacial score (nSPS) is 17.1. The number of carbonyl (C=O) groups is 1. The van der Waals surface area contributed by atoms with Gasteiger partial charge in [-0.25, -0.2) is 4.98 Å². The minimum Gasteiger partial charge on any atom is -0.382 e. The molecule has 1 heterocycles. The molecule has 0 aromatic carbocycles. The monoisotopic (exact) mass is 310 g/mol. The van der Waals surface area contributed by atoms with E-state index in [4.69, 9.17) is 5.73 Å². The molecule has 1 aliphatic rings. The van der Waals surface area contributed by atoms with Crippen molar-refractivity contribution in [2.24, 2.45) is 11.3 Å². The fraction of sp³-hybridized carbons (Fsp3) is 0.733. The predicted octanol–water partition coefficient (Wildman–Crippen LogP) is 3.10. The molecule has 1 aromatic heterocycles. The number of nitrogens with two attached hydrogens (primary N) is 1.